The molecule has 0 amide bonds. The second-order valence-electron chi connectivity index (χ2n) is 8.18. The first-order valence-electron chi connectivity index (χ1n) is 10.1. The fraction of sp³-hybridized carbons (Fsp3) is 0.320. The summed E-state index contributed by atoms with van der Waals surface area (Å²) >= 11 is 0. The third-order valence-corrected chi connectivity index (χ3v) is 5.91. The molecule has 3 aromatic carbocycles. The lowest BCUT2D eigenvalue weighted by molar-refractivity contribution is -0.112. The molecule has 0 aromatic heterocycles. The van der Waals surface area contributed by atoms with Crippen LogP contribution in [0.2, 0.25) is 0 Å². The van der Waals surface area contributed by atoms with E-state index < -0.39 is 0 Å². The molecule has 1 unspecified atom stereocenters. The summed E-state index contributed by atoms with van der Waals surface area (Å²) in [5.74, 6) is 0. The summed E-state index contributed by atoms with van der Waals surface area (Å²) in [4.78, 5) is 13.8. The molecule has 0 heterocycles. The molecular formula is C25H28N2O. The van der Waals surface area contributed by atoms with Gasteiger partial charge in [0.2, 0.25) is 0 Å². The van der Waals surface area contributed by atoms with E-state index in [9.17, 15) is 4.79 Å². The van der Waals surface area contributed by atoms with Crippen LogP contribution in [0.1, 0.15) is 25.3 Å². The number of carbonyl (C=O) groups is 1. The molecule has 1 aliphatic rings. The molecule has 1 fully saturated rings. The summed E-state index contributed by atoms with van der Waals surface area (Å²) in [6.45, 7) is 4.71. The second kappa shape index (κ2) is 8.15. The van der Waals surface area contributed by atoms with Gasteiger partial charge in [-0.25, -0.2) is 0 Å². The molecule has 1 N–H and O–H groups in total. The van der Waals surface area contributed by atoms with Gasteiger partial charge in [-0.05, 0) is 48.2 Å². The normalized spacial score (nSPS) is 16.1. The zero-order chi connectivity index (χ0) is 19.4. The van der Waals surface area contributed by atoms with E-state index in [4.69, 9.17) is 0 Å². The first-order valence-corrected chi connectivity index (χ1v) is 10.1. The number of rotatable bonds is 9. The van der Waals surface area contributed by atoms with Crippen LogP contribution < -0.4 is 5.32 Å². The van der Waals surface area contributed by atoms with Gasteiger partial charge in [-0.3, -0.25) is 4.90 Å². The monoisotopic (exact) mass is 372 g/mol. The fourth-order valence-electron chi connectivity index (χ4n) is 3.84. The first-order chi connectivity index (χ1) is 13.7. The molecule has 0 spiro atoms. The first kappa shape index (κ1) is 18.7. The Bertz CT molecular complexity index is 933. The number of fused-ring (bicyclic) bond motifs is 1. The number of hydrogen-bond acceptors (Lipinski definition) is 3. The average molecular weight is 373 g/mol. The Morgan fingerprint density at radius 1 is 1.00 bits per heavy atom. The summed E-state index contributed by atoms with van der Waals surface area (Å²) < 4.78 is 0. The smallest absolute Gasteiger partial charge is 0.136 e. The lowest BCUT2D eigenvalue weighted by Gasteiger charge is -2.30. The highest BCUT2D eigenvalue weighted by Crippen LogP contribution is 2.46. The lowest BCUT2D eigenvalue weighted by Crippen LogP contribution is -2.40. The maximum absolute atomic E-state index is 11.5. The predicted molar refractivity (Wildman–Crippen MR) is 116 cm³/mol. The van der Waals surface area contributed by atoms with Crippen molar-refractivity contribution in [1.82, 2.24) is 4.90 Å². The van der Waals surface area contributed by atoms with E-state index in [1.54, 1.807) is 0 Å². The molecule has 0 aliphatic heterocycles. The number of hydrogen-bond donors (Lipinski definition) is 1. The molecule has 1 aliphatic carbocycles. The standard InChI is InChI=1S/C25H28N2O/c1-20(17-28)27(16-21-7-3-2-4-8-21)19-25(13-14-25)18-26-24-12-11-22-9-5-6-10-23(22)15-24/h2-12,15,17,20,26H,13-14,16,18-19H2,1H3. The van der Waals surface area contributed by atoms with Gasteiger partial charge in [0.15, 0.2) is 0 Å². The van der Waals surface area contributed by atoms with Gasteiger partial charge in [0.25, 0.3) is 0 Å². The molecule has 0 bridgehead atoms. The topological polar surface area (TPSA) is 32.3 Å². The van der Waals surface area contributed by atoms with E-state index in [1.807, 2.05) is 13.0 Å². The minimum atomic E-state index is -0.0710. The van der Waals surface area contributed by atoms with Gasteiger partial charge < -0.3 is 10.1 Å². The summed E-state index contributed by atoms with van der Waals surface area (Å²) in [6.07, 6.45) is 3.49. The van der Waals surface area contributed by atoms with Crippen molar-refractivity contribution in [2.75, 3.05) is 18.4 Å². The van der Waals surface area contributed by atoms with Gasteiger partial charge in [0, 0.05) is 30.7 Å². The van der Waals surface area contributed by atoms with Gasteiger partial charge >= 0.3 is 0 Å². The van der Waals surface area contributed by atoms with E-state index in [-0.39, 0.29) is 11.5 Å². The largest absolute Gasteiger partial charge is 0.384 e. The quantitative estimate of drug-likeness (QED) is 0.529. The van der Waals surface area contributed by atoms with Gasteiger partial charge in [-0.2, -0.15) is 0 Å². The van der Waals surface area contributed by atoms with Crippen molar-refractivity contribution in [3.05, 3.63) is 78.4 Å². The SMILES string of the molecule is CC(C=O)N(Cc1ccccc1)CC1(CNc2ccc3ccccc3c2)CC1. The van der Waals surface area contributed by atoms with Crippen molar-refractivity contribution < 1.29 is 4.79 Å². The minimum Gasteiger partial charge on any atom is -0.384 e. The fourth-order valence-corrected chi connectivity index (χ4v) is 3.84. The molecule has 3 aromatic rings. The third-order valence-electron chi connectivity index (χ3n) is 5.91. The molecule has 4 rings (SSSR count). The van der Waals surface area contributed by atoms with E-state index in [1.165, 1.54) is 34.9 Å². The molecule has 3 nitrogen and oxygen atoms in total. The lowest BCUT2D eigenvalue weighted by atomic mass is 10.0. The van der Waals surface area contributed by atoms with E-state index in [2.05, 4.69) is 76.9 Å². The molecular weight excluding hydrogens is 344 g/mol. The molecule has 1 saturated carbocycles. The summed E-state index contributed by atoms with van der Waals surface area (Å²) in [7, 11) is 0. The highest BCUT2D eigenvalue weighted by molar-refractivity contribution is 5.85. The van der Waals surface area contributed by atoms with E-state index in [0.717, 1.165) is 25.9 Å². The van der Waals surface area contributed by atoms with Crippen molar-refractivity contribution >= 4 is 22.7 Å². The number of aldehydes is 1. The van der Waals surface area contributed by atoms with E-state index in [0.29, 0.717) is 0 Å². The minimum absolute atomic E-state index is 0.0710. The van der Waals surface area contributed by atoms with Crippen LogP contribution in [0.3, 0.4) is 0 Å². The zero-order valence-electron chi connectivity index (χ0n) is 16.5. The summed E-state index contributed by atoms with van der Waals surface area (Å²) in [5, 5.41) is 6.18. The predicted octanol–water partition coefficient (Wildman–Crippen LogP) is 5.12. The van der Waals surface area contributed by atoms with Crippen LogP contribution in [0.25, 0.3) is 10.8 Å². The van der Waals surface area contributed by atoms with Crippen LogP contribution in [0, 0.1) is 5.41 Å². The van der Waals surface area contributed by atoms with Crippen molar-refractivity contribution in [2.24, 2.45) is 5.41 Å². The summed E-state index contributed by atoms with van der Waals surface area (Å²) in [5.41, 5.74) is 2.69. The van der Waals surface area contributed by atoms with Gasteiger partial charge in [-0.1, -0.05) is 60.7 Å². The second-order valence-corrected chi connectivity index (χ2v) is 8.18. The highest BCUT2D eigenvalue weighted by atomic mass is 16.1. The number of benzene rings is 3. The van der Waals surface area contributed by atoms with Gasteiger partial charge in [0.05, 0.1) is 6.04 Å². The Kier molecular flexibility index (Phi) is 5.45. The molecule has 144 valence electrons. The van der Waals surface area contributed by atoms with Gasteiger partial charge in [-0.15, -0.1) is 0 Å². The van der Waals surface area contributed by atoms with Crippen LogP contribution in [0.5, 0.6) is 0 Å². The van der Waals surface area contributed by atoms with Crippen LogP contribution >= 0.6 is 0 Å². The average Bonchev–Trinajstić information content (AvgIpc) is 3.51. The Morgan fingerprint density at radius 3 is 2.43 bits per heavy atom. The van der Waals surface area contributed by atoms with Gasteiger partial charge in [0.1, 0.15) is 6.29 Å². The van der Waals surface area contributed by atoms with E-state index >= 15 is 0 Å². The Labute approximate surface area is 167 Å². The number of anilines is 1. The summed E-state index contributed by atoms with van der Waals surface area (Å²) in [6, 6.07) is 25.4. The van der Waals surface area contributed by atoms with Crippen LogP contribution in [0.15, 0.2) is 72.8 Å². The number of nitrogens with zero attached hydrogens (tertiary/aromatic N) is 1. The number of carbonyl (C=O) groups excluding carboxylic acids is 1. The maximum Gasteiger partial charge on any atom is 0.136 e. The van der Waals surface area contributed by atoms with Crippen LogP contribution in [0.4, 0.5) is 5.69 Å². The van der Waals surface area contributed by atoms with Crippen molar-refractivity contribution in [3.63, 3.8) is 0 Å². The van der Waals surface area contributed by atoms with Crippen LogP contribution in [-0.2, 0) is 11.3 Å². The van der Waals surface area contributed by atoms with Crippen LogP contribution in [-0.4, -0.2) is 30.3 Å². The molecule has 1 atom stereocenters. The third kappa shape index (κ3) is 4.42. The number of nitrogens with one attached hydrogen (secondary N) is 1. The molecule has 28 heavy (non-hydrogen) atoms. The Morgan fingerprint density at radius 2 is 1.71 bits per heavy atom. The Hall–Kier alpha value is -2.65. The molecule has 3 heteroatoms. The highest BCUT2D eigenvalue weighted by Gasteiger charge is 2.44. The molecule has 0 saturated heterocycles. The zero-order valence-corrected chi connectivity index (χ0v) is 16.5. The van der Waals surface area contributed by atoms with Crippen molar-refractivity contribution in [3.8, 4) is 0 Å². The maximum atomic E-state index is 11.5. The van der Waals surface area contributed by atoms with Crippen molar-refractivity contribution in [2.45, 2.75) is 32.4 Å². The Balaban J connectivity index is 1.42. The molecule has 0 radical (unpaired) electrons. The van der Waals surface area contributed by atoms with Crippen molar-refractivity contribution in [1.29, 1.82) is 0 Å².